The molecule has 0 fully saturated rings. The number of ether oxygens (including phenoxy) is 1. The quantitative estimate of drug-likeness (QED) is 0.804. The van der Waals surface area contributed by atoms with E-state index in [2.05, 4.69) is 43.4 Å². The molecule has 0 bridgehead atoms. The molecule has 0 aliphatic rings. The standard InChI is InChI=1S/C18H22ClNO/c1-4-11-20-13(2)14-5-7-15(8-6-14)17-12-16(19)9-10-18(17)21-3/h5-10,12-13,20H,4,11H2,1-3H3. The lowest BCUT2D eigenvalue weighted by Crippen LogP contribution is -2.19. The molecule has 0 aliphatic carbocycles. The lowest BCUT2D eigenvalue weighted by atomic mass is 10.0. The third-order valence-corrected chi connectivity index (χ3v) is 3.82. The van der Waals surface area contributed by atoms with Gasteiger partial charge in [0.25, 0.3) is 0 Å². The maximum absolute atomic E-state index is 6.10. The van der Waals surface area contributed by atoms with Gasteiger partial charge in [-0.2, -0.15) is 0 Å². The van der Waals surface area contributed by atoms with E-state index in [0.717, 1.165) is 29.8 Å². The van der Waals surface area contributed by atoms with Gasteiger partial charge in [0.05, 0.1) is 7.11 Å². The first-order valence-electron chi connectivity index (χ1n) is 7.33. The van der Waals surface area contributed by atoms with Crippen molar-refractivity contribution in [2.24, 2.45) is 0 Å². The van der Waals surface area contributed by atoms with E-state index < -0.39 is 0 Å². The second-order valence-electron chi connectivity index (χ2n) is 5.14. The molecule has 0 aromatic heterocycles. The fourth-order valence-electron chi connectivity index (χ4n) is 2.34. The van der Waals surface area contributed by atoms with Crippen LogP contribution in [0.25, 0.3) is 11.1 Å². The van der Waals surface area contributed by atoms with Gasteiger partial charge in [0, 0.05) is 16.6 Å². The van der Waals surface area contributed by atoms with Crippen LogP contribution in [0.15, 0.2) is 42.5 Å². The number of hydrogen-bond acceptors (Lipinski definition) is 2. The van der Waals surface area contributed by atoms with Crippen molar-refractivity contribution >= 4 is 11.6 Å². The summed E-state index contributed by atoms with van der Waals surface area (Å²) in [5.41, 5.74) is 3.42. The van der Waals surface area contributed by atoms with Gasteiger partial charge < -0.3 is 10.1 Å². The number of benzene rings is 2. The molecule has 0 saturated carbocycles. The van der Waals surface area contributed by atoms with E-state index in [-0.39, 0.29) is 0 Å². The molecule has 1 N–H and O–H groups in total. The predicted molar refractivity (Wildman–Crippen MR) is 90.1 cm³/mol. The van der Waals surface area contributed by atoms with E-state index in [1.54, 1.807) is 7.11 Å². The average Bonchev–Trinajstić information content (AvgIpc) is 2.52. The second kappa shape index (κ2) is 7.48. The molecule has 2 nitrogen and oxygen atoms in total. The Kier molecular flexibility index (Phi) is 5.66. The maximum atomic E-state index is 6.10. The summed E-state index contributed by atoms with van der Waals surface area (Å²) in [6.45, 7) is 5.39. The van der Waals surface area contributed by atoms with Crippen LogP contribution in [0.1, 0.15) is 31.9 Å². The first-order valence-corrected chi connectivity index (χ1v) is 7.70. The van der Waals surface area contributed by atoms with E-state index in [4.69, 9.17) is 16.3 Å². The summed E-state index contributed by atoms with van der Waals surface area (Å²) in [6.07, 6.45) is 1.14. The molecule has 1 unspecified atom stereocenters. The minimum atomic E-state index is 0.361. The summed E-state index contributed by atoms with van der Waals surface area (Å²) < 4.78 is 5.41. The highest BCUT2D eigenvalue weighted by Crippen LogP contribution is 2.33. The smallest absolute Gasteiger partial charge is 0.126 e. The van der Waals surface area contributed by atoms with Crippen molar-refractivity contribution in [2.75, 3.05) is 13.7 Å². The van der Waals surface area contributed by atoms with Gasteiger partial charge in [-0.25, -0.2) is 0 Å². The Bertz CT molecular complexity index is 580. The van der Waals surface area contributed by atoms with Gasteiger partial charge in [-0.1, -0.05) is 42.8 Å². The molecule has 1 atom stereocenters. The summed E-state index contributed by atoms with van der Waals surface area (Å²) in [4.78, 5) is 0. The van der Waals surface area contributed by atoms with Crippen LogP contribution in [0.5, 0.6) is 5.75 Å². The van der Waals surface area contributed by atoms with Crippen molar-refractivity contribution in [3.8, 4) is 16.9 Å². The number of halogens is 1. The van der Waals surface area contributed by atoms with Gasteiger partial charge in [-0.05, 0) is 49.2 Å². The summed E-state index contributed by atoms with van der Waals surface area (Å²) in [6, 6.07) is 14.6. The van der Waals surface area contributed by atoms with Crippen LogP contribution in [0.4, 0.5) is 0 Å². The zero-order valence-electron chi connectivity index (χ0n) is 12.8. The van der Waals surface area contributed by atoms with Crippen molar-refractivity contribution < 1.29 is 4.74 Å². The SMILES string of the molecule is CCCNC(C)c1ccc(-c2cc(Cl)ccc2OC)cc1. The molecule has 0 aliphatic heterocycles. The number of hydrogen-bond donors (Lipinski definition) is 1. The Labute approximate surface area is 132 Å². The summed E-state index contributed by atoms with van der Waals surface area (Å²) in [5.74, 6) is 0.837. The Morgan fingerprint density at radius 2 is 1.86 bits per heavy atom. The minimum absolute atomic E-state index is 0.361. The normalized spacial score (nSPS) is 12.2. The van der Waals surface area contributed by atoms with Gasteiger partial charge in [0.1, 0.15) is 5.75 Å². The van der Waals surface area contributed by atoms with Crippen LogP contribution in [0.2, 0.25) is 5.02 Å². The number of rotatable bonds is 6. The monoisotopic (exact) mass is 303 g/mol. The van der Waals surface area contributed by atoms with E-state index in [1.807, 2.05) is 18.2 Å². The molecule has 2 aromatic carbocycles. The number of nitrogens with one attached hydrogen (secondary N) is 1. The van der Waals surface area contributed by atoms with Crippen LogP contribution in [-0.2, 0) is 0 Å². The van der Waals surface area contributed by atoms with E-state index in [1.165, 1.54) is 5.56 Å². The Morgan fingerprint density at radius 3 is 2.48 bits per heavy atom. The van der Waals surface area contributed by atoms with E-state index in [0.29, 0.717) is 11.1 Å². The Hall–Kier alpha value is -1.51. The van der Waals surface area contributed by atoms with Crippen molar-refractivity contribution in [2.45, 2.75) is 26.3 Å². The molecule has 21 heavy (non-hydrogen) atoms. The zero-order valence-corrected chi connectivity index (χ0v) is 13.6. The highest BCUT2D eigenvalue weighted by molar-refractivity contribution is 6.31. The van der Waals surface area contributed by atoms with Crippen molar-refractivity contribution in [3.05, 3.63) is 53.1 Å². The first-order chi connectivity index (χ1) is 10.2. The molecular weight excluding hydrogens is 282 g/mol. The first kappa shape index (κ1) is 15.9. The second-order valence-corrected chi connectivity index (χ2v) is 5.58. The highest BCUT2D eigenvalue weighted by atomic mass is 35.5. The van der Waals surface area contributed by atoms with Crippen LogP contribution < -0.4 is 10.1 Å². The predicted octanol–water partition coefficient (Wildman–Crippen LogP) is 5.08. The lowest BCUT2D eigenvalue weighted by Gasteiger charge is -2.15. The van der Waals surface area contributed by atoms with Gasteiger partial charge in [-0.15, -0.1) is 0 Å². The largest absolute Gasteiger partial charge is 0.496 e. The molecule has 0 amide bonds. The van der Waals surface area contributed by atoms with Gasteiger partial charge in [-0.3, -0.25) is 0 Å². The van der Waals surface area contributed by atoms with Gasteiger partial charge >= 0.3 is 0 Å². The molecule has 0 saturated heterocycles. The Morgan fingerprint density at radius 1 is 1.14 bits per heavy atom. The fourth-order valence-corrected chi connectivity index (χ4v) is 2.51. The minimum Gasteiger partial charge on any atom is -0.496 e. The topological polar surface area (TPSA) is 21.3 Å². The summed E-state index contributed by atoms with van der Waals surface area (Å²) in [7, 11) is 1.68. The Balaban J connectivity index is 2.24. The van der Waals surface area contributed by atoms with Crippen molar-refractivity contribution in [1.82, 2.24) is 5.32 Å². The van der Waals surface area contributed by atoms with Crippen LogP contribution in [-0.4, -0.2) is 13.7 Å². The van der Waals surface area contributed by atoms with Crippen LogP contribution in [0, 0.1) is 0 Å². The van der Waals surface area contributed by atoms with Crippen LogP contribution >= 0.6 is 11.6 Å². The molecule has 0 radical (unpaired) electrons. The van der Waals surface area contributed by atoms with Crippen LogP contribution in [0.3, 0.4) is 0 Å². The maximum Gasteiger partial charge on any atom is 0.126 e. The lowest BCUT2D eigenvalue weighted by molar-refractivity contribution is 0.416. The molecule has 112 valence electrons. The van der Waals surface area contributed by atoms with E-state index in [9.17, 15) is 0 Å². The van der Waals surface area contributed by atoms with E-state index >= 15 is 0 Å². The van der Waals surface area contributed by atoms with Gasteiger partial charge in [0.15, 0.2) is 0 Å². The third kappa shape index (κ3) is 3.99. The summed E-state index contributed by atoms with van der Waals surface area (Å²) in [5, 5.41) is 4.21. The molecule has 0 spiro atoms. The molecule has 2 aromatic rings. The molecule has 3 heteroatoms. The van der Waals surface area contributed by atoms with Gasteiger partial charge in [0.2, 0.25) is 0 Å². The third-order valence-electron chi connectivity index (χ3n) is 3.58. The summed E-state index contributed by atoms with van der Waals surface area (Å²) >= 11 is 6.10. The molecular formula is C18H22ClNO. The van der Waals surface area contributed by atoms with Crippen molar-refractivity contribution in [3.63, 3.8) is 0 Å². The number of methoxy groups -OCH3 is 1. The fraction of sp³-hybridized carbons (Fsp3) is 0.333. The average molecular weight is 304 g/mol. The zero-order chi connectivity index (χ0) is 15.2. The highest BCUT2D eigenvalue weighted by Gasteiger charge is 2.08. The molecule has 0 heterocycles. The molecule has 2 rings (SSSR count). The van der Waals surface area contributed by atoms with Crippen molar-refractivity contribution in [1.29, 1.82) is 0 Å².